The van der Waals surface area contributed by atoms with Gasteiger partial charge in [0.2, 0.25) is 5.91 Å². The fraction of sp³-hybridized carbons (Fsp3) is 0.235. The Balaban J connectivity index is 2.08. The molecule has 0 bridgehead atoms. The van der Waals surface area contributed by atoms with E-state index in [4.69, 9.17) is 27.9 Å². The molecule has 0 aliphatic carbocycles. The first-order valence-corrected chi connectivity index (χ1v) is 8.46. The van der Waals surface area contributed by atoms with E-state index < -0.39 is 0 Å². The van der Waals surface area contributed by atoms with E-state index in [0.29, 0.717) is 16.6 Å². The molecule has 2 rings (SSSR count). The Kier molecular flexibility index (Phi) is 6.33. The first-order valence-electron chi connectivity index (χ1n) is 6.91. The highest BCUT2D eigenvalue weighted by Gasteiger charge is 2.14. The van der Waals surface area contributed by atoms with E-state index in [1.807, 2.05) is 18.2 Å². The van der Waals surface area contributed by atoms with Crippen LogP contribution < -0.4 is 4.74 Å². The lowest BCUT2D eigenvalue weighted by Gasteiger charge is -2.19. The van der Waals surface area contributed by atoms with E-state index >= 15 is 0 Å². The number of nitrogens with zero attached hydrogens (tertiary/aromatic N) is 1. The number of hydrogen-bond acceptors (Lipinski definition) is 2. The van der Waals surface area contributed by atoms with E-state index in [2.05, 4.69) is 15.9 Å². The van der Waals surface area contributed by atoms with Gasteiger partial charge in [-0.3, -0.25) is 4.79 Å². The highest BCUT2D eigenvalue weighted by molar-refractivity contribution is 9.10. The van der Waals surface area contributed by atoms with Gasteiger partial charge in [-0.1, -0.05) is 45.2 Å². The van der Waals surface area contributed by atoms with Crippen molar-refractivity contribution in [3.8, 4) is 5.75 Å². The van der Waals surface area contributed by atoms with Crippen molar-refractivity contribution in [1.82, 2.24) is 4.90 Å². The summed E-state index contributed by atoms with van der Waals surface area (Å²) < 4.78 is 6.28. The van der Waals surface area contributed by atoms with Crippen molar-refractivity contribution in [3.05, 3.63) is 62.0 Å². The molecule has 122 valence electrons. The molecule has 0 spiro atoms. The van der Waals surface area contributed by atoms with Crippen molar-refractivity contribution in [3.63, 3.8) is 0 Å². The molecule has 0 atom stereocenters. The third-order valence-corrected chi connectivity index (χ3v) is 4.65. The van der Waals surface area contributed by atoms with Gasteiger partial charge in [-0.05, 0) is 35.9 Å². The van der Waals surface area contributed by atoms with Crippen molar-refractivity contribution in [1.29, 1.82) is 0 Å². The number of rotatable bonds is 5. The van der Waals surface area contributed by atoms with E-state index in [1.54, 1.807) is 37.3 Å². The van der Waals surface area contributed by atoms with Gasteiger partial charge >= 0.3 is 0 Å². The molecule has 0 aliphatic heterocycles. The number of likely N-dealkylation sites (N-methyl/N-ethyl adjacent to an activating group) is 1. The summed E-state index contributed by atoms with van der Waals surface area (Å²) in [5.41, 5.74) is 1.77. The molecule has 2 aromatic rings. The maximum atomic E-state index is 12.4. The summed E-state index contributed by atoms with van der Waals surface area (Å²) in [5, 5.41) is 0.934. The van der Waals surface area contributed by atoms with Crippen LogP contribution in [-0.4, -0.2) is 25.0 Å². The zero-order valence-electron chi connectivity index (χ0n) is 12.8. The number of hydrogen-bond donors (Lipinski definition) is 0. The van der Waals surface area contributed by atoms with Crippen LogP contribution in [0.1, 0.15) is 11.1 Å². The number of carbonyl (C=O) groups excluding carboxylic acids is 1. The molecule has 0 heterocycles. The van der Waals surface area contributed by atoms with Gasteiger partial charge in [-0.2, -0.15) is 0 Å². The predicted octanol–water partition coefficient (Wildman–Crippen LogP) is 4.97. The van der Waals surface area contributed by atoms with Crippen molar-refractivity contribution in [2.24, 2.45) is 0 Å². The molecule has 0 radical (unpaired) electrons. The van der Waals surface area contributed by atoms with Gasteiger partial charge in [-0.15, -0.1) is 0 Å². The second kappa shape index (κ2) is 8.04. The number of benzene rings is 2. The first-order chi connectivity index (χ1) is 10.9. The number of ether oxygens (including phenoxy) is 1. The van der Waals surface area contributed by atoms with Crippen LogP contribution in [0.2, 0.25) is 10.0 Å². The summed E-state index contributed by atoms with van der Waals surface area (Å²) in [6, 6.07) is 10.9. The second-order valence-corrected chi connectivity index (χ2v) is 6.86. The van der Waals surface area contributed by atoms with Crippen molar-refractivity contribution >= 4 is 45.0 Å². The fourth-order valence-corrected chi connectivity index (χ4v) is 2.90. The van der Waals surface area contributed by atoms with Gasteiger partial charge < -0.3 is 9.64 Å². The van der Waals surface area contributed by atoms with Crippen LogP contribution in [0.3, 0.4) is 0 Å². The second-order valence-electron chi connectivity index (χ2n) is 5.13. The summed E-state index contributed by atoms with van der Waals surface area (Å²) in [7, 11) is 3.38. The van der Waals surface area contributed by atoms with Gasteiger partial charge in [0.15, 0.2) is 0 Å². The highest BCUT2D eigenvalue weighted by atomic mass is 79.9. The normalized spacial score (nSPS) is 10.5. The largest absolute Gasteiger partial charge is 0.496 e. The van der Waals surface area contributed by atoms with Crippen LogP contribution in [-0.2, 0) is 17.8 Å². The highest BCUT2D eigenvalue weighted by Crippen LogP contribution is 2.25. The zero-order valence-corrected chi connectivity index (χ0v) is 15.9. The monoisotopic (exact) mass is 415 g/mol. The van der Waals surface area contributed by atoms with E-state index in [9.17, 15) is 4.79 Å². The molecule has 0 saturated heterocycles. The zero-order chi connectivity index (χ0) is 17.0. The Hall–Kier alpha value is -1.23. The maximum Gasteiger partial charge on any atom is 0.227 e. The molecule has 0 aromatic heterocycles. The predicted molar refractivity (Wildman–Crippen MR) is 97.3 cm³/mol. The molecule has 3 nitrogen and oxygen atoms in total. The molecular formula is C17H16BrCl2NO2. The molecule has 6 heteroatoms. The molecule has 0 fully saturated rings. The Morgan fingerprint density at radius 2 is 1.91 bits per heavy atom. The summed E-state index contributed by atoms with van der Waals surface area (Å²) >= 11 is 15.3. The minimum absolute atomic E-state index is 0.00887. The van der Waals surface area contributed by atoms with Crippen LogP contribution in [0, 0.1) is 0 Å². The minimum atomic E-state index is -0.00887. The average Bonchev–Trinajstić information content (AvgIpc) is 2.51. The average molecular weight is 417 g/mol. The number of halogens is 3. The lowest BCUT2D eigenvalue weighted by molar-refractivity contribution is -0.129. The topological polar surface area (TPSA) is 29.5 Å². The van der Waals surface area contributed by atoms with Crippen molar-refractivity contribution in [2.45, 2.75) is 13.0 Å². The van der Waals surface area contributed by atoms with Crippen LogP contribution in [0.15, 0.2) is 40.9 Å². The quantitative estimate of drug-likeness (QED) is 0.688. The Morgan fingerprint density at radius 1 is 1.17 bits per heavy atom. The van der Waals surface area contributed by atoms with Gasteiger partial charge in [0.1, 0.15) is 5.75 Å². The number of amides is 1. The summed E-state index contributed by atoms with van der Waals surface area (Å²) in [4.78, 5) is 14.1. The Bertz CT molecular complexity index is 722. The molecule has 1 amide bonds. The fourth-order valence-electron chi connectivity index (χ4n) is 2.17. The maximum absolute atomic E-state index is 12.4. The molecule has 23 heavy (non-hydrogen) atoms. The van der Waals surface area contributed by atoms with E-state index in [-0.39, 0.29) is 12.3 Å². The van der Waals surface area contributed by atoms with E-state index in [0.717, 1.165) is 21.3 Å². The summed E-state index contributed by atoms with van der Waals surface area (Å²) in [5.74, 6) is 0.743. The van der Waals surface area contributed by atoms with Gasteiger partial charge in [0, 0.05) is 23.6 Å². The van der Waals surface area contributed by atoms with Crippen LogP contribution >= 0.6 is 39.1 Å². The van der Waals surface area contributed by atoms with Gasteiger partial charge in [0.05, 0.1) is 23.6 Å². The smallest absolute Gasteiger partial charge is 0.227 e. The van der Waals surface area contributed by atoms with Crippen LogP contribution in [0.5, 0.6) is 5.75 Å². The first kappa shape index (κ1) is 18.1. The number of methoxy groups -OCH3 is 1. The van der Waals surface area contributed by atoms with Gasteiger partial charge in [0.25, 0.3) is 0 Å². The molecule has 0 saturated carbocycles. The summed E-state index contributed by atoms with van der Waals surface area (Å²) in [6.07, 6.45) is 0.268. The third-order valence-electron chi connectivity index (χ3n) is 3.42. The molecule has 0 aliphatic rings. The van der Waals surface area contributed by atoms with Crippen LogP contribution in [0.25, 0.3) is 0 Å². The molecular weight excluding hydrogens is 401 g/mol. The Morgan fingerprint density at radius 3 is 2.57 bits per heavy atom. The van der Waals surface area contributed by atoms with E-state index in [1.165, 1.54) is 0 Å². The Labute approximate surface area is 154 Å². The van der Waals surface area contributed by atoms with Crippen molar-refractivity contribution in [2.75, 3.05) is 14.2 Å². The SMILES string of the molecule is COc1ccc(Br)cc1CN(C)C(=O)Cc1ccc(Cl)c(Cl)c1. The lowest BCUT2D eigenvalue weighted by atomic mass is 10.1. The minimum Gasteiger partial charge on any atom is -0.496 e. The molecule has 0 N–H and O–H groups in total. The standard InChI is InChI=1S/C17H16BrCl2NO2/c1-21(10-12-9-13(18)4-6-16(12)23-2)17(22)8-11-3-5-14(19)15(20)7-11/h3-7,9H,8,10H2,1-2H3. The molecule has 2 aromatic carbocycles. The third kappa shape index (κ3) is 4.87. The van der Waals surface area contributed by atoms with Crippen LogP contribution in [0.4, 0.5) is 0 Å². The summed E-state index contributed by atoms with van der Waals surface area (Å²) in [6.45, 7) is 0.461. The van der Waals surface area contributed by atoms with Crippen molar-refractivity contribution < 1.29 is 9.53 Å². The number of carbonyl (C=O) groups is 1. The van der Waals surface area contributed by atoms with Gasteiger partial charge in [-0.25, -0.2) is 0 Å². The lowest BCUT2D eigenvalue weighted by Crippen LogP contribution is -2.27. The molecule has 0 unspecified atom stereocenters.